The molecule has 4 rings (SSSR count). The molecule has 0 saturated heterocycles. The zero-order valence-corrected chi connectivity index (χ0v) is 24.6. The van der Waals surface area contributed by atoms with Crippen LogP contribution in [0.15, 0.2) is 75.8 Å². The first-order valence-electron chi connectivity index (χ1n) is 10.6. The molecule has 190 valence electrons. The molecule has 38 heavy (non-hydrogen) atoms. The molecular formula is C25H18Cl2N3NaO6S. The standard InChI is InChI=1S/C25H19Cl2N3O6S.Na/c1-13-9-22(37(33,34)35)18(27)12-19(13)29-30-23-16-6-4-3-5-14(16)10-17(24(23)31)25(32)28-20-11-15(26)7-8-21(20)36-2;/h3-12,31H,1-2H3,(H,28,32)(H,33,34,35);/q;+1/p-1. The van der Waals surface area contributed by atoms with Gasteiger partial charge < -0.3 is 15.2 Å². The molecule has 0 aromatic heterocycles. The molecule has 0 fully saturated rings. The summed E-state index contributed by atoms with van der Waals surface area (Å²) in [5, 5.41) is 25.3. The summed E-state index contributed by atoms with van der Waals surface area (Å²) in [6.07, 6.45) is 0. The van der Waals surface area contributed by atoms with Gasteiger partial charge in [0.2, 0.25) is 0 Å². The van der Waals surface area contributed by atoms with Gasteiger partial charge in [0, 0.05) is 16.0 Å². The van der Waals surface area contributed by atoms with Crippen LogP contribution in [0.2, 0.25) is 10.0 Å². The van der Waals surface area contributed by atoms with E-state index in [4.69, 9.17) is 27.9 Å². The van der Waals surface area contributed by atoms with Gasteiger partial charge in [-0.05, 0) is 54.3 Å². The predicted octanol–water partition coefficient (Wildman–Crippen LogP) is 3.46. The van der Waals surface area contributed by atoms with Crippen molar-refractivity contribution in [2.75, 3.05) is 12.4 Å². The van der Waals surface area contributed by atoms with Crippen molar-refractivity contribution in [2.45, 2.75) is 11.8 Å². The zero-order valence-electron chi connectivity index (χ0n) is 20.3. The summed E-state index contributed by atoms with van der Waals surface area (Å²) < 4.78 is 37.6. The maximum atomic E-state index is 13.4. The van der Waals surface area contributed by atoms with Crippen LogP contribution in [0.1, 0.15) is 15.9 Å². The molecule has 0 radical (unpaired) electrons. The minimum atomic E-state index is -4.54. The van der Waals surface area contributed by atoms with E-state index in [9.17, 15) is 22.9 Å². The Morgan fingerprint density at radius 3 is 2.45 bits per heavy atom. The molecule has 0 spiro atoms. The van der Waals surface area contributed by atoms with E-state index >= 15 is 0 Å². The quantitative estimate of drug-likeness (QED) is 0.203. The number of nitrogens with zero attached hydrogens (tertiary/aromatic N) is 2. The molecule has 2 N–H and O–H groups in total. The second kappa shape index (κ2) is 12.0. The van der Waals surface area contributed by atoms with Gasteiger partial charge in [0.15, 0.2) is 0 Å². The van der Waals surface area contributed by atoms with E-state index in [0.717, 1.165) is 6.07 Å². The minimum absolute atomic E-state index is 0. The molecule has 13 heteroatoms. The summed E-state index contributed by atoms with van der Waals surface area (Å²) in [5.74, 6) is -1.03. The van der Waals surface area contributed by atoms with Gasteiger partial charge in [-0.15, -0.1) is 0 Å². The van der Waals surface area contributed by atoms with E-state index in [1.165, 1.54) is 32.2 Å². The fourth-order valence-corrected chi connectivity index (χ4v) is 4.85. The summed E-state index contributed by atoms with van der Waals surface area (Å²) >= 11 is 12.0. The largest absolute Gasteiger partial charge is 1.00 e. The van der Waals surface area contributed by atoms with Crippen molar-refractivity contribution in [2.24, 2.45) is 10.2 Å². The van der Waals surface area contributed by atoms with Crippen LogP contribution in [0.25, 0.3) is 10.8 Å². The SMILES string of the molecule is COc1ccc(Cl)cc1NC(=O)c1cc2ccccc2c(N=Nc2cc(Cl)c(S(=O)(=O)O)cc2C)c1[O-].[Na+]. The first-order chi connectivity index (χ1) is 17.5. The van der Waals surface area contributed by atoms with E-state index in [1.54, 1.807) is 36.4 Å². The summed E-state index contributed by atoms with van der Waals surface area (Å²) in [6.45, 7) is 1.54. The number of amides is 1. The number of benzene rings is 4. The van der Waals surface area contributed by atoms with Crippen molar-refractivity contribution in [3.63, 3.8) is 0 Å². The van der Waals surface area contributed by atoms with Gasteiger partial charge in [-0.25, -0.2) is 0 Å². The number of hydrogen-bond donors (Lipinski definition) is 2. The predicted molar refractivity (Wildman–Crippen MR) is 140 cm³/mol. The Hall–Kier alpha value is -2.70. The maximum absolute atomic E-state index is 13.4. The molecule has 0 aliphatic rings. The number of hydrogen-bond acceptors (Lipinski definition) is 7. The Morgan fingerprint density at radius 2 is 1.76 bits per heavy atom. The summed E-state index contributed by atoms with van der Waals surface area (Å²) in [4.78, 5) is 12.7. The topological polar surface area (TPSA) is 140 Å². The Bertz CT molecular complexity index is 1700. The Labute approximate surface area is 250 Å². The number of nitrogens with one attached hydrogen (secondary N) is 1. The van der Waals surface area contributed by atoms with Crippen molar-refractivity contribution in [3.8, 4) is 11.5 Å². The van der Waals surface area contributed by atoms with E-state index in [1.807, 2.05) is 0 Å². The Balaban J connectivity index is 0.00000400. The van der Waals surface area contributed by atoms with Gasteiger partial charge in [-0.3, -0.25) is 9.35 Å². The molecule has 0 unspecified atom stereocenters. The number of rotatable bonds is 6. The first kappa shape index (κ1) is 29.9. The van der Waals surface area contributed by atoms with Crippen molar-refractivity contribution in [1.82, 2.24) is 0 Å². The van der Waals surface area contributed by atoms with E-state index in [-0.39, 0.29) is 57.2 Å². The average Bonchev–Trinajstić information content (AvgIpc) is 2.84. The summed E-state index contributed by atoms with van der Waals surface area (Å²) in [7, 11) is -3.11. The average molecular weight is 582 g/mol. The Morgan fingerprint density at radius 1 is 1.05 bits per heavy atom. The minimum Gasteiger partial charge on any atom is -0.870 e. The maximum Gasteiger partial charge on any atom is 1.00 e. The van der Waals surface area contributed by atoms with Gasteiger partial charge in [0.25, 0.3) is 16.0 Å². The molecule has 0 saturated carbocycles. The zero-order chi connectivity index (χ0) is 26.9. The van der Waals surface area contributed by atoms with Crippen LogP contribution in [0, 0.1) is 6.92 Å². The molecule has 4 aromatic rings. The van der Waals surface area contributed by atoms with Gasteiger partial charge in [-0.2, -0.15) is 18.6 Å². The van der Waals surface area contributed by atoms with Gasteiger partial charge in [-0.1, -0.05) is 53.2 Å². The van der Waals surface area contributed by atoms with Crippen LogP contribution in [0.3, 0.4) is 0 Å². The summed E-state index contributed by atoms with van der Waals surface area (Å²) in [6, 6.07) is 15.3. The number of ether oxygens (including phenoxy) is 1. The third-order valence-corrected chi connectivity index (χ3v) is 6.97. The molecule has 0 heterocycles. The van der Waals surface area contributed by atoms with E-state index in [0.29, 0.717) is 27.1 Å². The molecule has 1 amide bonds. The fourth-order valence-electron chi connectivity index (χ4n) is 3.60. The number of fused-ring (bicyclic) bond motifs is 1. The van der Waals surface area contributed by atoms with Gasteiger partial charge in [0.1, 0.15) is 10.6 Å². The normalized spacial score (nSPS) is 11.4. The molecule has 0 atom stereocenters. The number of halogens is 2. The van der Waals surface area contributed by atoms with Crippen LogP contribution in [-0.2, 0) is 10.1 Å². The van der Waals surface area contributed by atoms with Crippen LogP contribution in [-0.4, -0.2) is 26.0 Å². The Kier molecular flexibility index (Phi) is 9.43. The number of anilines is 1. The number of carbonyl (C=O) groups excluding carboxylic acids is 1. The molecule has 9 nitrogen and oxygen atoms in total. The van der Waals surface area contributed by atoms with Crippen LogP contribution in [0.4, 0.5) is 17.1 Å². The van der Waals surface area contributed by atoms with Crippen molar-refractivity contribution in [3.05, 3.63) is 81.8 Å². The molecule has 0 bridgehead atoms. The number of methoxy groups -OCH3 is 1. The molecule has 4 aromatic carbocycles. The van der Waals surface area contributed by atoms with Crippen LogP contribution < -0.4 is 44.7 Å². The molecule has 0 aliphatic heterocycles. The molecular weight excluding hydrogens is 564 g/mol. The van der Waals surface area contributed by atoms with Gasteiger partial charge in [0.05, 0.1) is 29.2 Å². The first-order valence-corrected chi connectivity index (χ1v) is 12.8. The van der Waals surface area contributed by atoms with E-state index in [2.05, 4.69) is 15.5 Å². The van der Waals surface area contributed by atoms with Crippen LogP contribution in [0.5, 0.6) is 11.5 Å². The summed E-state index contributed by atoms with van der Waals surface area (Å²) in [5.41, 5.74) is 0.487. The number of aryl methyl sites for hydroxylation is 1. The molecule has 0 aliphatic carbocycles. The second-order valence-corrected chi connectivity index (χ2v) is 10.1. The third kappa shape index (κ3) is 6.29. The van der Waals surface area contributed by atoms with Crippen LogP contribution >= 0.6 is 23.2 Å². The fraction of sp³-hybridized carbons (Fsp3) is 0.0800. The monoisotopic (exact) mass is 581 g/mol. The van der Waals surface area contributed by atoms with Crippen molar-refractivity contribution >= 4 is 67.1 Å². The van der Waals surface area contributed by atoms with Crippen molar-refractivity contribution < 1.29 is 57.2 Å². The van der Waals surface area contributed by atoms with Gasteiger partial charge >= 0.3 is 29.6 Å². The smallest absolute Gasteiger partial charge is 0.870 e. The van der Waals surface area contributed by atoms with Crippen molar-refractivity contribution in [1.29, 1.82) is 0 Å². The third-order valence-electron chi connectivity index (χ3n) is 5.42. The van der Waals surface area contributed by atoms with E-state index < -0.39 is 26.7 Å². The second-order valence-electron chi connectivity index (χ2n) is 7.87. The number of carbonyl (C=O) groups is 1. The number of azo groups is 1.